The Balaban J connectivity index is 1.74. The van der Waals surface area contributed by atoms with E-state index < -0.39 is 0 Å². The standard InChI is InChI=1S/C26H23ClN6O4/c1-4-21(34)30-19-12-15-14(8-9-28-18(15)13-20(19)36-2)22-23(24-26(35)29-10-11-33(24)32-22)31-17-7-5-6-16(27)25(17)37-3/h4-9,12-13,31H,1,10-11H2,2-3H3,(H,29,35)(H,30,34). The lowest BCUT2D eigenvalue weighted by Crippen LogP contribution is -2.35. The number of methoxy groups -OCH3 is 2. The van der Waals surface area contributed by atoms with E-state index in [9.17, 15) is 9.59 Å². The molecule has 0 fully saturated rings. The van der Waals surface area contributed by atoms with Crippen LogP contribution >= 0.6 is 11.6 Å². The number of hydrogen-bond acceptors (Lipinski definition) is 7. The Morgan fingerprint density at radius 1 is 1.22 bits per heavy atom. The van der Waals surface area contributed by atoms with Crippen molar-refractivity contribution in [3.8, 4) is 22.8 Å². The van der Waals surface area contributed by atoms with E-state index in [0.717, 1.165) is 0 Å². The first kappa shape index (κ1) is 24.1. The van der Waals surface area contributed by atoms with Gasteiger partial charge in [-0.15, -0.1) is 0 Å². The third-order valence-corrected chi connectivity index (χ3v) is 6.27. The maximum Gasteiger partial charge on any atom is 0.271 e. The van der Waals surface area contributed by atoms with E-state index in [1.54, 1.807) is 47.3 Å². The van der Waals surface area contributed by atoms with Gasteiger partial charge in [-0.25, -0.2) is 0 Å². The molecule has 0 spiro atoms. The van der Waals surface area contributed by atoms with Gasteiger partial charge in [-0.1, -0.05) is 24.2 Å². The molecule has 2 amide bonds. The zero-order valence-corrected chi connectivity index (χ0v) is 20.8. The third-order valence-electron chi connectivity index (χ3n) is 5.97. The molecule has 2 aromatic heterocycles. The van der Waals surface area contributed by atoms with Gasteiger partial charge >= 0.3 is 0 Å². The Labute approximate surface area is 217 Å². The fourth-order valence-electron chi connectivity index (χ4n) is 4.30. The largest absolute Gasteiger partial charge is 0.494 e. The second kappa shape index (κ2) is 9.82. The van der Waals surface area contributed by atoms with Crippen molar-refractivity contribution in [3.05, 3.63) is 66.0 Å². The molecule has 4 aromatic rings. The maximum atomic E-state index is 13.0. The number of carbonyl (C=O) groups excluding carboxylic acids is 2. The second-order valence-electron chi connectivity index (χ2n) is 8.12. The van der Waals surface area contributed by atoms with E-state index in [2.05, 4.69) is 27.5 Å². The molecule has 0 atom stereocenters. The second-order valence-corrected chi connectivity index (χ2v) is 8.53. The number of anilines is 3. The highest BCUT2D eigenvalue weighted by molar-refractivity contribution is 6.32. The van der Waals surface area contributed by atoms with Crippen molar-refractivity contribution >= 4 is 51.4 Å². The predicted octanol–water partition coefficient (Wildman–Crippen LogP) is 4.38. The first-order chi connectivity index (χ1) is 17.9. The minimum absolute atomic E-state index is 0.257. The molecule has 3 N–H and O–H groups in total. The predicted molar refractivity (Wildman–Crippen MR) is 142 cm³/mol. The van der Waals surface area contributed by atoms with Gasteiger partial charge in [0.2, 0.25) is 5.91 Å². The molecule has 3 heterocycles. The van der Waals surface area contributed by atoms with Crippen LogP contribution in [0, 0.1) is 0 Å². The molecule has 1 aliphatic heterocycles. The van der Waals surface area contributed by atoms with Crippen molar-refractivity contribution in [3.63, 3.8) is 0 Å². The van der Waals surface area contributed by atoms with Gasteiger partial charge in [0.05, 0.1) is 48.4 Å². The monoisotopic (exact) mass is 518 g/mol. The number of halogens is 1. The molecule has 0 saturated heterocycles. The van der Waals surface area contributed by atoms with Gasteiger partial charge < -0.3 is 25.4 Å². The summed E-state index contributed by atoms with van der Waals surface area (Å²) >= 11 is 6.35. The smallest absolute Gasteiger partial charge is 0.271 e. The lowest BCUT2D eigenvalue weighted by molar-refractivity contribution is -0.111. The molecule has 37 heavy (non-hydrogen) atoms. The normalized spacial score (nSPS) is 12.5. The van der Waals surface area contributed by atoms with Crippen molar-refractivity contribution in [2.45, 2.75) is 6.54 Å². The zero-order chi connectivity index (χ0) is 26.1. The molecule has 2 aromatic carbocycles. The van der Waals surface area contributed by atoms with Gasteiger partial charge in [-0.3, -0.25) is 19.3 Å². The molecule has 188 valence electrons. The maximum absolute atomic E-state index is 13.0. The number of aromatic nitrogens is 3. The Morgan fingerprint density at radius 2 is 2.05 bits per heavy atom. The van der Waals surface area contributed by atoms with Crippen molar-refractivity contribution < 1.29 is 19.1 Å². The van der Waals surface area contributed by atoms with Crippen LogP contribution in [0.2, 0.25) is 5.02 Å². The molecule has 11 heteroatoms. The summed E-state index contributed by atoms with van der Waals surface area (Å²) in [7, 11) is 3.04. The van der Waals surface area contributed by atoms with Crippen molar-refractivity contribution in [1.82, 2.24) is 20.1 Å². The number of nitrogens with zero attached hydrogens (tertiary/aromatic N) is 3. The molecular weight excluding hydrogens is 496 g/mol. The van der Waals surface area contributed by atoms with Gasteiger partial charge in [0.25, 0.3) is 5.91 Å². The number of ether oxygens (including phenoxy) is 2. The van der Waals surface area contributed by atoms with E-state index >= 15 is 0 Å². The van der Waals surface area contributed by atoms with E-state index in [0.29, 0.717) is 74.5 Å². The average Bonchev–Trinajstić information content (AvgIpc) is 3.27. The van der Waals surface area contributed by atoms with Crippen molar-refractivity contribution in [2.75, 3.05) is 31.4 Å². The van der Waals surface area contributed by atoms with E-state index in [1.807, 2.05) is 0 Å². The number of pyridine rings is 1. The summed E-state index contributed by atoms with van der Waals surface area (Å²) in [5.74, 6) is 0.239. The molecule has 1 aliphatic rings. The number of para-hydroxylation sites is 1. The van der Waals surface area contributed by atoms with Gasteiger partial charge in [0.1, 0.15) is 17.1 Å². The average molecular weight is 519 g/mol. The Bertz CT molecular complexity index is 1560. The highest BCUT2D eigenvalue weighted by atomic mass is 35.5. The van der Waals surface area contributed by atoms with Crippen LogP contribution in [0.15, 0.2) is 55.3 Å². The van der Waals surface area contributed by atoms with Crippen LogP contribution in [-0.4, -0.2) is 47.3 Å². The summed E-state index contributed by atoms with van der Waals surface area (Å²) in [5, 5.41) is 14.9. The van der Waals surface area contributed by atoms with Crippen molar-refractivity contribution in [2.24, 2.45) is 0 Å². The molecule has 0 radical (unpaired) electrons. The number of rotatable bonds is 7. The first-order valence-electron chi connectivity index (χ1n) is 11.3. The number of nitrogens with one attached hydrogen (secondary N) is 3. The third kappa shape index (κ3) is 4.31. The highest BCUT2D eigenvalue weighted by Crippen LogP contribution is 2.42. The topological polar surface area (TPSA) is 119 Å². The quantitative estimate of drug-likeness (QED) is 0.310. The summed E-state index contributed by atoms with van der Waals surface area (Å²) < 4.78 is 12.6. The molecule has 0 bridgehead atoms. The van der Waals surface area contributed by atoms with Gasteiger partial charge in [0.15, 0.2) is 5.75 Å². The fraction of sp³-hybridized carbons (Fsp3) is 0.154. The Hall–Kier alpha value is -4.57. The minimum Gasteiger partial charge on any atom is -0.494 e. The summed E-state index contributed by atoms with van der Waals surface area (Å²) in [5.41, 5.74) is 3.71. The summed E-state index contributed by atoms with van der Waals surface area (Å²) in [4.78, 5) is 29.5. The lowest BCUT2D eigenvalue weighted by Gasteiger charge is -2.17. The molecule has 0 saturated carbocycles. The number of amides is 2. The van der Waals surface area contributed by atoms with Gasteiger partial charge in [-0.05, 0) is 30.3 Å². The van der Waals surface area contributed by atoms with E-state index in [4.69, 9.17) is 26.2 Å². The number of fused-ring (bicyclic) bond motifs is 2. The summed E-state index contributed by atoms with van der Waals surface area (Å²) in [6.07, 6.45) is 2.83. The molecule has 10 nitrogen and oxygen atoms in total. The highest BCUT2D eigenvalue weighted by Gasteiger charge is 2.29. The first-order valence-corrected chi connectivity index (χ1v) is 11.7. The van der Waals surface area contributed by atoms with Gasteiger partial charge in [0, 0.05) is 29.8 Å². The van der Waals surface area contributed by atoms with Crippen molar-refractivity contribution in [1.29, 1.82) is 0 Å². The van der Waals surface area contributed by atoms with Crippen LogP contribution in [0.4, 0.5) is 17.1 Å². The van der Waals surface area contributed by atoms with Crippen LogP contribution in [0.5, 0.6) is 11.5 Å². The zero-order valence-electron chi connectivity index (χ0n) is 20.1. The lowest BCUT2D eigenvalue weighted by atomic mass is 10.0. The molecular formula is C26H23ClN6O4. The summed E-state index contributed by atoms with van der Waals surface area (Å²) in [6, 6.07) is 10.6. The summed E-state index contributed by atoms with van der Waals surface area (Å²) in [6.45, 7) is 4.47. The van der Waals surface area contributed by atoms with Gasteiger partial charge in [-0.2, -0.15) is 5.10 Å². The Morgan fingerprint density at radius 3 is 2.81 bits per heavy atom. The van der Waals surface area contributed by atoms with Crippen LogP contribution in [0.3, 0.4) is 0 Å². The van der Waals surface area contributed by atoms with E-state index in [-0.39, 0.29) is 11.8 Å². The molecule has 5 rings (SSSR count). The van der Waals surface area contributed by atoms with E-state index in [1.165, 1.54) is 20.3 Å². The van der Waals surface area contributed by atoms with Crippen LogP contribution in [0.25, 0.3) is 22.2 Å². The Kier molecular flexibility index (Phi) is 6.41. The van der Waals surface area contributed by atoms with Crippen LogP contribution in [0.1, 0.15) is 10.5 Å². The molecule has 0 unspecified atom stereocenters. The fourth-order valence-corrected chi connectivity index (χ4v) is 4.55. The van der Waals surface area contributed by atoms with Crippen LogP contribution in [-0.2, 0) is 11.3 Å². The molecule has 0 aliphatic carbocycles. The number of carbonyl (C=O) groups is 2. The minimum atomic E-state index is -0.382. The van der Waals surface area contributed by atoms with Crippen LogP contribution < -0.4 is 25.4 Å². The number of hydrogen-bond donors (Lipinski definition) is 3. The SMILES string of the molecule is C=CC(=O)Nc1cc2c(-c3nn4c(c3Nc3cccc(Cl)c3OC)C(=O)NCC4)ccnc2cc1OC. The number of benzene rings is 2.